The maximum absolute atomic E-state index is 13.2. The number of nitrogens with one attached hydrogen (secondary N) is 1. The van der Waals surface area contributed by atoms with E-state index in [0.717, 1.165) is 29.2 Å². The van der Waals surface area contributed by atoms with Crippen LogP contribution in [-0.2, 0) is 4.79 Å². The summed E-state index contributed by atoms with van der Waals surface area (Å²) in [6.45, 7) is 2.79. The Labute approximate surface area is 158 Å². The standard InChI is InChI=1S/C21H22N2O2S/c1-14-12-17(14)20(24)22-16-7-4-6-15(13-16)21(25)23-10-5-11-26-19-9-3-2-8-18(19)23/h2-4,6-9,13-14,17H,5,10-12H2,1H3,(H,22,24). The minimum Gasteiger partial charge on any atom is -0.326 e. The molecule has 1 aliphatic heterocycles. The summed E-state index contributed by atoms with van der Waals surface area (Å²) in [6.07, 6.45) is 1.91. The third-order valence-corrected chi connectivity index (χ3v) is 6.16. The highest BCUT2D eigenvalue weighted by molar-refractivity contribution is 7.99. The van der Waals surface area contributed by atoms with E-state index in [2.05, 4.69) is 18.3 Å². The van der Waals surface area contributed by atoms with Crippen LogP contribution < -0.4 is 10.2 Å². The molecule has 1 N–H and O–H groups in total. The number of nitrogens with zero attached hydrogens (tertiary/aromatic N) is 1. The average Bonchev–Trinajstić information content (AvgIpc) is 3.42. The monoisotopic (exact) mass is 366 g/mol. The summed E-state index contributed by atoms with van der Waals surface area (Å²) in [6, 6.07) is 15.3. The number of carbonyl (C=O) groups is 2. The van der Waals surface area contributed by atoms with E-state index in [1.807, 2.05) is 41.3 Å². The summed E-state index contributed by atoms with van der Waals surface area (Å²) in [5.74, 6) is 1.63. The fraction of sp³-hybridized carbons (Fsp3) is 0.333. The Bertz CT molecular complexity index is 851. The Morgan fingerprint density at radius 1 is 1.15 bits per heavy atom. The van der Waals surface area contributed by atoms with E-state index >= 15 is 0 Å². The number of anilines is 2. The van der Waals surface area contributed by atoms with Crippen molar-refractivity contribution < 1.29 is 9.59 Å². The van der Waals surface area contributed by atoms with Crippen molar-refractivity contribution in [2.45, 2.75) is 24.7 Å². The van der Waals surface area contributed by atoms with E-state index < -0.39 is 0 Å². The Morgan fingerprint density at radius 3 is 2.77 bits per heavy atom. The van der Waals surface area contributed by atoms with E-state index in [9.17, 15) is 9.59 Å². The number of fused-ring (bicyclic) bond motifs is 1. The minimum atomic E-state index is -0.0177. The van der Waals surface area contributed by atoms with Crippen molar-refractivity contribution in [3.05, 3.63) is 54.1 Å². The van der Waals surface area contributed by atoms with Crippen LogP contribution in [0, 0.1) is 11.8 Å². The molecule has 1 aliphatic carbocycles. The number of benzene rings is 2. The molecule has 0 spiro atoms. The summed E-state index contributed by atoms with van der Waals surface area (Å²) in [4.78, 5) is 28.3. The second-order valence-corrected chi connectivity index (χ2v) is 8.15. The van der Waals surface area contributed by atoms with Gasteiger partial charge in [-0.05, 0) is 54.8 Å². The van der Waals surface area contributed by atoms with Crippen LogP contribution in [0.4, 0.5) is 11.4 Å². The first-order chi connectivity index (χ1) is 12.6. The smallest absolute Gasteiger partial charge is 0.258 e. The van der Waals surface area contributed by atoms with Crippen LogP contribution in [0.3, 0.4) is 0 Å². The molecule has 1 saturated carbocycles. The van der Waals surface area contributed by atoms with Gasteiger partial charge in [0.25, 0.3) is 5.91 Å². The second kappa shape index (κ2) is 7.16. The normalized spacial score (nSPS) is 21.5. The van der Waals surface area contributed by atoms with E-state index in [1.54, 1.807) is 17.8 Å². The molecule has 1 fully saturated rings. The molecule has 0 bridgehead atoms. The predicted octanol–water partition coefficient (Wildman–Crippen LogP) is 4.42. The summed E-state index contributed by atoms with van der Waals surface area (Å²) < 4.78 is 0. The molecular weight excluding hydrogens is 344 g/mol. The SMILES string of the molecule is CC1CC1C(=O)Nc1cccc(C(=O)N2CCCSc3ccccc32)c1. The zero-order valence-corrected chi connectivity index (χ0v) is 15.6. The first kappa shape index (κ1) is 17.2. The molecule has 2 unspecified atom stereocenters. The van der Waals surface area contributed by atoms with Gasteiger partial charge in [-0.25, -0.2) is 0 Å². The molecule has 2 aliphatic rings. The first-order valence-electron chi connectivity index (χ1n) is 9.08. The number of rotatable bonds is 3. The van der Waals surface area contributed by atoms with Crippen molar-refractivity contribution in [2.24, 2.45) is 11.8 Å². The van der Waals surface area contributed by atoms with Gasteiger partial charge in [-0.2, -0.15) is 0 Å². The lowest BCUT2D eigenvalue weighted by atomic mass is 10.1. The third-order valence-electron chi connectivity index (χ3n) is 5.01. The molecule has 26 heavy (non-hydrogen) atoms. The van der Waals surface area contributed by atoms with Crippen LogP contribution in [0.2, 0.25) is 0 Å². The zero-order valence-electron chi connectivity index (χ0n) is 14.8. The van der Waals surface area contributed by atoms with Crippen molar-refractivity contribution in [3.8, 4) is 0 Å². The van der Waals surface area contributed by atoms with Gasteiger partial charge in [0, 0.05) is 28.6 Å². The van der Waals surface area contributed by atoms with Crippen LogP contribution in [0.1, 0.15) is 30.1 Å². The van der Waals surface area contributed by atoms with E-state index in [0.29, 0.717) is 23.7 Å². The van der Waals surface area contributed by atoms with Crippen LogP contribution in [0.15, 0.2) is 53.4 Å². The first-order valence-corrected chi connectivity index (χ1v) is 10.1. The van der Waals surface area contributed by atoms with Crippen molar-refractivity contribution in [1.29, 1.82) is 0 Å². The molecule has 4 nitrogen and oxygen atoms in total. The van der Waals surface area contributed by atoms with Gasteiger partial charge < -0.3 is 10.2 Å². The largest absolute Gasteiger partial charge is 0.326 e. The Morgan fingerprint density at radius 2 is 1.96 bits per heavy atom. The van der Waals surface area contributed by atoms with E-state index in [1.165, 1.54) is 0 Å². The lowest BCUT2D eigenvalue weighted by molar-refractivity contribution is -0.117. The summed E-state index contributed by atoms with van der Waals surface area (Å²) in [5.41, 5.74) is 2.27. The molecule has 2 aromatic carbocycles. The van der Waals surface area contributed by atoms with E-state index in [-0.39, 0.29) is 17.7 Å². The number of amides is 2. The zero-order chi connectivity index (χ0) is 18.1. The van der Waals surface area contributed by atoms with Gasteiger partial charge in [-0.3, -0.25) is 9.59 Å². The quantitative estimate of drug-likeness (QED) is 0.874. The van der Waals surface area contributed by atoms with Gasteiger partial charge in [0.2, 0.25) is 5.91 Å². The number of carbonyl (C=O) groups excluding carboxylic acids is 2. The lowest BCUT2D eigenvalue weighted by Gasteiger charge is -2.22. The number of hydrogen-bond donors (Lipinski definition) is 1. The summed E-state index contributed by atoms with van der Waals surface area (Å²) in [5, 5.41) is 2.95. The van der Waals surface area contributed by atoms with Crippen molar-refractivity contribution in [3.63, 3.8) is 0 Å². The third kappa shape index (κ3) is 3.49. The van der Waals surface area contributed by atoms with Crippen molar-refractivity contribution >= 4 is 35.0 Å². The van der Waals surface area contributed by atoms with E-state index in [4.69, 9.17) is 0 Å². The van der Waals surface area contributed by atoms with Gasteiger partial charge in [0.05, 0.1) is 5.69 Å². The van der Waals surface area contributed by atoms with Crippen molar-refractivity contribution in [2.75, 3.05) is 22.5 Å². The Balaban J connectivity index is 1.56. The maximum Gasteiger partial charge on any atom is 0.258 e. The number of hydrogen-bond acceptors (Lipinski definition) is 3. The highest BCUT2D eigenvalue weighted by atomic mass is 32.2. The van der Waals surface area contributed by atoms with Crippen LogP contribution in [0.5, 0.6) is 0 Å². The molecule has 0 saturated heterocycles. The maximum atomic E-state index is 13.2. The fourth-order valence-electron chi connectivity index (χ4n) is 3.35. The molecule has 0 aromatic heterocycles. The lowest BCUT2D eigenvalue weighted by Crippen LogP contribution is -2.31. The Kier molecular flexibility index (Phi) is 4.72. The van der Waals surface area contributed by atoms with Gasteiger partial charge in [0.15, 0.2) is 0 Å². The van der Waals surface area contributed by atoms with Crippen LogP contribution in [0.25, 0.3) is 0 Å². The molecule has 2 amide bonds. The molecule has 4 rings (SSSR count). The second-order valence-electron chi connectivity index (χ2n) is 7.02. The Hall–Kier alpha value is -2.27. The summed E-state index contributed by atoms with van der Waals surface area (Å²) >= 11 is 1.80. The predicted molar refractivity (Wildman–Crippen MR) is 106 cm³/mol. The highest BCUT2D eigenvalue weighted by Gasteiger charge is 2.39. The molecule has 0 radical (unpaired) electrons. The van der Waals surface area contributed by atoms with Gasteiger partial charge >= 0.3 is 0 Å². The highest BCUT2D eigenvalue weighted by Crippen LogP contribution is 2.38. The molecule has 1 heterocycles. The van der Waals surface area contributed by atoms with Crippen LogP contribution >= 0.6 is 11.8 Å². The number of thioether (sulfide) groups is 1. The summed E-state index contributed by atoms with van der Waals surface area (Å²) in [7, 11) is 0. The molecule has 2 aromatic rings. The van der Waals surface area contributed by atoms with Gasteiger partial charge in [0.1, 0.15) is 0 Å². The average molecular weight is 366 g/mol. The van der Waals surface area contributed by atoms with Gasteiger partial charge in [-0.15, -0.1) is 11.8 Å². The van der Waals surface area contributed by atoms with Gasteiger partial charge in [-0.1, -0.05) is 25.1 Å². The van der Waals surface area contributed by atoms with Crippen LogP contribution in [-0.4, -0.2) is 24.1 Å². The molecule has 134 valence electrons. The molecular formula is C21H22N2O2S. The number of para-hydroxylation sites is 1. The topological polar surface area (TPSA) is 49.4 Å². The molecule has 5 heteroatoms. The van der Waals surface area contributed by atoms with Crippen molar-refractivity contribution in [1.82, 2.24) is 0 Å². The fourth-order valence-corrected chi connectivity index (χ4v) is 4.34. The molecule has 2 atom stereocenters. The minimum absolute atomic E-state index is 0.0177.